The van der Waals surface area contributed by atoms with Crippen molar-refractivity contribution in [3.05, 3.63) is 0 Å². The molecule has 1 heterocycles. The van der Waals surface area contributed by atoms with E-state index in [1.807, 2.05) is 7.05 Å². The van der Waals surface area contributed by atoms with Crippen LogP contribution in [-0.4, -0.2) is 49.5 Å². The monoisotopic (exact) mass is 338 g/mol. The molecular formula is C19H38N4O. The summed E-state index contributed by atoms with van der Waals surface area (Å²) in [6.07, 6.45) is 8.80. The summed E-state index contributed by atoms with van der Waals surface area (Å²) in [6.45, 7) is 9.45. The fraction of sp³-hybridized carbons (Fsp3) is 0.895. The minimum Gasteiger partial charge on any atom is -0.356 e. The zero-order valence-corrected chi connectivity index (χ0v) is 16.2. The average molecular weight is 339 g/mol. The number of unbranched alkanes of at least 4 members (excludes halogenated alkanes) is 1. The molecule has 1 fully saturated rings. The second-order valence-electron chi connectivity index (χ2n) is 6.84. The molecule has 1 amide bonds. The first-order chi connectivity index (χ1) is 11.7. The summed E-state index contributed by atoms with van der Waals surface area (Å²) in [7, 11) is 1.82. The van der Waals surface area contributed by atoms with Gasteiger partial charge in [-0.3, -0.25) is 9.79 Å². The minimum atomic E-state index is 0.325. The maximum absolute atomic E-state index is 11.9. The maximum Gasteiger partial charge on any atom is 0.222 e. The predicted octanol–water partition coefficient (Wildman–Crippen LogP) is 3.16. The van der Waals surface area contributed by atoms with Crippen LogP contribution in [0.3, 0.4) is 0 Å². The van der Waals surface area contributed by atoms with Crippen molar-refractivity contribution >= 4 is 11.9 Å². The molecule has 0 bridgehead atoms. The van der Waals surface area contributed by atoms with Gasteiger partial charge in [-0.25, -0.2) is 0 Å². The Kier molecular flexibility index (Phi) is 10.5. The highest BCUT2D eigenvalue weighted by molar-refractivity contribution is 5.79. The van der Waals surface area contributed by atoms with Crippen LogP contribution in [0.25, 0.3) is 0 Å². The average Bonchev–Trinajstić information content (AvgIpc) is 3.02. The molecule has 0 aromatic rings. The van der Waals surface area contributed by atoms with E-state index in [0.29, 0.717) is 17.9 Å². The molecular weight excluding hydrogens is 300 g/mol. The van der Waals surface area contributed by atoms with Gasteiger partial charge < -0.3 is 15.5 Å². The summed E-state index contributed by atoms with van der Waals surface area (Å²) in [5.74, 6) is 1.92. The predicted molar refractivity (Wildman–Crippen MR) is 102 cm³/mol. The highest BCUT2D eigenvalue weighted by Crippen LogP contribution is 2.17. The van der Waals surface area contributed by atoms with E-state index in [2.05, 4.69) is 41.3 Å². The number of nitrogens with zero attached hydrogens (tertiary/aromatic N) is 2. The molecule has 2 atom stereocenters. The Labute approximate surface area is 148 Å². The van der Waals surface area contributed by atoms with Crippen molar-refractivity contribution in [2.75, 3.05) is 26.7 Å². The van der Waals surface area contributed by atoms with Crippen LogP contribution < -0.4 is 10.6 Å². The van der Waals surface area contributed by atoms with Crippen LogP contribution in [0.5, 0.6) is 0 Å². The number of likely N-dealkylation sites (tertiary alicyclic amines) is 1. The molecule has 0 aromatic carbocycles. The number of hydrogen-bond donors (Lipinski definition) is 2. The van der Waals surface area contributed by atoms with Crippen molar-refractivity contribution in [1.29, 1.82) is 0 Å². The minimum absolute atomic E-state index is 0.325. The van der Waals surface area contributed by atoms with Gasteiger partial charge in [0.05, 0.1) is 0 Å². The van der Waals surface area contributed by atoms with Crippen LogP contribution in [-0.2, 0) is 4.79 Å². The van der Waals surface area contributed by atoms with Crippen molar-refractivity contribution in [3.8, 4) is 0 Å². The van der Waals surface area contributed by atoms with Gasteiger partial charge in [0.1, 0.15) is 0 Å². The van der Waals surface area contributed by atoms with Crippen LogP contribution in [0.2, 0.25) is 0 Å². The van der Waals surface area contributed by atoms with Crippen LogP contribution in [0.15, 0.2) is 4.99 Å². The Bertz CT molecular complexity index is 384. The van der Waals surface area contributed by atoms with Crippen molar-refractivity contribution in [1.82, 2.24) is 15.5 Å². The van der Waals surface area contributed by atoms with Gasteiger partial charge in [0, 0.05) is 39.1 Å². The fourth-order valence-corrected chi connectivity index (χ4v) is 3.40. The van der Waals surface area contributed by atoms with Gasteiger partial charge in [-0.1, -0.05) is 40.0 Å². The Balaban J connectivity index is 2.31. The van der Waals surface area contributed by atoms with Crippen molar-refractivity contribution in [3.63, 3.8) is 0 Å². The Morgan fingerprint density at radius 1 is 1.21 bits per heavy atom. The number of rotatable bonds is 11. The fourth-order valence-electron chi connectivity index (χ4n) is 3.40. The first kappa shape index (κ1) is 20.8. The van der Waals surface area contributed by atoms with E-state index < -0.39 is 0 Å². The van der Waals surface area contributed by atoms with E-state index in [1.54, 1.807) is 0 Å². The second kappa shape index (κ2) is 12.2. The number of carbonyl (C=O) groups excluding carboxylic acids is 1. The molecule has 0 aliphatic carbocycles. The van der Waals surface area contributed by atoms with Crippen LogP contribution in [0, 0.1) is 5.92 Å². The van der Waals surface area contributed by atoms with E-state index in [4.69, 9.17) is 0 Å². The number of nitrogens with one attached hydrogen (secondary N) is 2. The third kappa shape index (κ3) is 7.10. The lowest BCUT2D eigenvalue weighted by atomic mass is 9.99. The maximum atomic E-state index is 11.9. The SMILES string of the molecule is CCCCC(CC)CNC(=NC)NCCC(CC)N1CCCC1=O. The van der Waals surface area contributed by atoms with Crippen LogP contribution >= 0.6 is 0 Å². The van der Waals surface area contributed by atoms with Crippen molar-refractivity contribution < 1.29 is 4.79 Å². The molecule has 1 aliphatic rings. The summed E-state index contributed by atoms with van der Waals surface area (Å²) in [4.78, 5) is 18.3. The van der Waals surface area contributed by atoms with Crippen LogP contribution in [0.1, 0.15) is 72.1 Å². The number of amides is 1. The van der Waals surface area contributed by atoms with E-state index in [1.165, 1.54) is 25.7 Å². The lowest BCUT2D eigenvalue weighted by Gasteiger charge is -2.27. The van der Waals surface area contributed by atoms with Gasteiger partial charge in [-0.15, -0.1) is 0 Å². The summed E-state index contributed by atoms with van der Waals surface area (Å²) in [5, 5.41) is 6.87. The highest BCUT2D eigenvalue weighted by Gasteiger charge is 2.26. The first-order valence-corrected chi connectivity index (χ1v) is 9.90. The van der Waals surface area contributed by atoms with Crippen molar-refractivity contribution in [2.24, 2.45) is 10.9 Å². The summed E-state index contributed by atoms with van der Waals surface area (Å²) in [6, 6.07) is 0.360. The lowest BCUT2D eigenvalue weighted by molar-refractivity contribution is -0.129. The number of carbonyl (C=O) groups is 1. The largest absolute Gasteiger partial charge is 0.356 e. The molecule has 1 saturated heterocycles. The molecule has 2 unspecified atom stereocenters. The van der Waals surface area contributed by atoms with E-state index in [9.17, 15) is 4.79 Å². The van der Waals surface area contributed by atoms with E-state index in [-0.39, 0.29) is 0 Å². The molecule has 1 aliphatic heterocycles. The smallest absolute Gasteiger partial charge is 0.222 e. The molecule has 0 spiro atoms. The normalized spacial score (nSPS) is 17.9. The number of guanidine groups is 1. The Morgan fingerprint density at radius 3 is 2.54 bits per heavy atom. The molecule has 1 rings (SSSR count). The highest BCUT2D eigenvalue weighted by atomic mass is 16.2. The van der Waals surface area contributed by atoms with Gasteiger partial charge in [0.25, 0.3) is 0 Å². The van der Waals surface area contributed by atoms with E-state index >= 15 is 0 Å². The van der Waals surface area contributed by atoms with Gasteiger partial charge in [-0.05, 0) is 31.6 Å². The first-order valence-electron chi connectivity index (χ1n) is 9.90. The molecule has 5 nitrogen and oxygen atoms in total. The quantitative estimate of drug-likeness (QED) is 0.449. The molecule has 2 N–H and O–H groups in total. The van der Waals surface area contributed by atoms with Gasteiger partial charge in [0.2, 0.25) is 5.91 Å². The lowest BCUT2D eigenvalue weighted by Crippen LogP contribution is -2.43. The zero-order chi connectivity index (χ0) is 17.8. The van der Waals surface area contributed by atoms with Gasteiger partial charge in [-0.2, -0.15) is 0 Å². The third-order valence-electron chi connectivity index (χ3n) is 5.12. The second-order valence-corrected chi connectivity index (χ2v) is 6.84. The standard InChI is InChI=1S/C19H38N4O/c1-5-8-10-16(6-2)15-22-19(20-4)21-13-12-17(7-3)23-14-9-11-18(23)24/h16-17H,5-15H2,1-4H3,(H2,20,21,22). The molecule has 0 aromatic heterocycles. The topological polar surface area (TPSA) is 56.7 Å². The Morgan fingerprint density at radius 2 is 2.00 bits per heavy atom. The summed E-state index contributed by atoms with van der Waals surface area (Å²) >= 11 is 0. The Hall–Kier alpha value is -1.26. The summed E-state index contributed by atoms with van der Waals surface area (Å²) < 4.78 is 0. The van der Waals surface area contributed by atoms with Gasteiger partial charge in [0.15, 0.2) is 5.96 Å². The number of aliphatic imine (C=N–C) groups is 1. The molecule has 0 saturated carbocycles. The zero-order valence-electron chi connectivity index (χ0n) is 16.2. The molecule has 140 valence electrons. The molecule has 5 heteroatoms. The third-order valence-corrected chi connectivity index (χ3v) is 5.12. The van der Waals surface area contributed by atoms with Crippen molar-refractivity contribution in [2.45, 2.75) is 78.2 Å². The van der Waals surface area contributed by atoms with Crippen LogP contribution in [0.4, 0.5) is 0 Å². The van der Waals surface area contributed by atoms with Gasteiger partial charge >= 0.3 is 0 Å². The summed E-state index contributed by atoms with van der Waals surface area (Å²) in [5.41, 5.74) is 0. The van der Waals surface area contributed by atoms with E-state index in [0.717, 1.165) is 51.3 Å². The molecule has 24 heavy (non-hydrogen) atoms. The number of hydrogen-bond acceptors (Lipinski definition) is 2. The molecule has 0 radical (unpaired) electrons.